The van der Waals surface area contributed by atoms with Crippen LogP contribution in [0.5, 0.6) is 0 Å². The van der Waals surface area contributed by atoms with Gasteiger partial charge in [-0.2, -0.15) is 0 Å². The van der Waals surface area contributed by atoms with Crippen LogP contribution in [0.4, 0.5) is 27.5 Å². The fraction of sp³-hybridized carbons (Fsp3) is 0.364. The molecule has 0 aromatic heterocycles. The normalized spacial score (nSPS) is 31.5. The van der Waals surface area contributed by atoms with Crippen LogP contribution in [0.2, 0.25) is 0 Å². The monoisotopic (exact) mass is 566 g/mol. The number of benzene rings is 3. The molecule has 3 aromatic rings. The van der Waals surface area contributed by atoms with Crippen molar-refractivity contribution in [1.29, 1.82) is 0 Å². The summed E-state index contributed by atoms with van der Waals surface area (Å²) in [6.45, 7) is 0.221. The van der Waals surface area contributed by atoms with Gasteiger partial charge in [0.2, 0.25) is 0 Å². The lowest BCUT2D eigenvalue weighted by atomic mass is 9.46. The molecule has 2 unspecified atom stereocenters. The summed E-state index contributed by atoms with van der Waals surface area (Å²) in [4.78, 5) is 45.0. The summed E-state index contributed by atoms with van der Waals surface area (Å²) < 4.78 is 0. The third kappa shape index (κ3) is 4.62. The van der Waals surface area contributed by atoms with E-state index in [-0.39, 0.29) is 12.5 Å². The molecule has 5 aliphatic rings. The fourth-order valence-electron chi connectivity index (χ4n) is 8.50. The molecule has 1 heterocycles. The summed E-state index contributed by atoms with van der Waals surface area (Å²) in [5.41, 5.74) is -0.298. The summed E-state index contributed by atoms with van der Waals surface area (Å²) in [5, 5.41) is 28.2. The number of amides is 4. The van der Waals surface area contributed by atoms with E-state index >= 15 is 0 Å². The highest BCUT2D eigenvalue weighted by atomic mass is 16.3. The van der Waals surface area contributed by atoms with Gasteiger partial charge < -0.3 is 25.7 Å². The number of aliphatic hydroxyl groups is 2. The molecule has 3 aromatic carbocycles. The van der Waals surface area contributed by atoms with Crippen LogP contribution in [-0.2, 0) is 9.59 Å². The lowest BCUT2D eigenvalue weighted by molar-refractivity contribution is -0.227. The van der Waals surface area contributed by atoms with Gasteiger partial charge in [-0.25, -0.2) is 4.79 Å². The standard InChI is InChI=1S/C33H34N4O5/c38-28-27(35-30(40)34-23-9-3-1-4-10-23)29(39)37(24-11-5-2-6-12-24)26-14-8-7-13-25(26)36(28)21-31-15-22-16-32(41,18-31)20-33(42,17-22)19-31/h1-14,22,27,41-42H,15-21H2,(H2,34,35,40)/t22?,27-,31?,32?,33?/m0/s1. The number of carbonyl (C=O) groups excluding carboxylic acids is 3. The van der Waals surface area contributed by atoms with Crippen molar-refractivity contribution in [2.24, 2.45) is 11.3 Å². The van der Waals surface area contributed by atoms with Crippen molar-refractivity contribution >= 4 is 40.6 Å². The zero-order valence-corrected chi connectivity index (χ0v) is 23.2. The van der Waals surface area contributed by atoms with Crippen LogP contribution in [0.15, 0.2) is 84.9 Å². The van der Waals surface area contributed by atoms with E-state index < -0.39 is 40.5 Å². The van der Waals surface area contributed by atoms with Gasteiger partial charge in [0.05, 0.1) is 22.6 Å². The van der Waals surface area contributed by atoms with E-state index in [0.29, 0.717) is 54.9 Å². The Bertz CT molecular complexity index is 1530. The van der Waals surface area contributed by atoms with E-state index in [1.807, 2.05) is 42.5 Å². The van der Waals surface area contributed by atoms with Crippen molar-refractivity contribution in [3.05, 3.63) is 84.9 Å². The molecule has 4 bridgehead atoms. The van der Waals surface area contributed by atoms with E-state index in [1.165, 1.54) is 4.90 Å². The molecular formula is C33H34N4O5. The molecule has 0 saturated heterocycles. The maximum atomic E-state index is 14.5. The Morgan fingerprint density at radius 2 is 1.36 bits per heavy atom. The number of anilines is 4. The molecule has 0 spiro atoms. The SMILES string of the molecule is O=C(Nc1ccccc1)N[C@H]1C(=O)N(CC23CC4CC(O)(CC(O)(C4)C2)C3)c2ccccc2N(c2ccccc2)C1=O. The number of rotatable bonds is 5. The van der Waals surface area contributed by atoms with Crippen LogP contribution in [0.1, 0.15) is 38.5 Å². The molecule has 9 heteroatoms. The van der Waals surface area contributed by atoms with E-state index in [2.05, 4.69) is 10.6 Å². The molecule has 4 aliphatic carbocycles. The van der Waals surface area contributed by atoms with Crippen molar-refractivity contribution in [2.75, 3.05) is 21.7 Å². The second-order valence-corrected chi connectivity index (χ2v) is 12.8. The average Bonchev–Trinajstić information content (AvgIpc) is 3.01. The van der Waals surface area contributed by atoms with E-state index in [4.69, 9.17) is 0 Å². The fourth-order valence-corrected chi connectivity index (χ4v) is 8.50. The van der Waals surface area contributed by atoms with Gasteiger partial charge in [-0.3, -0.25) is 14.5 Å². The van der Waals surface area contributed by atoms with Crippen molar-refractivity contribution < 1.29 is 24.6 Å². The number of fused-ring (bicyclic) bond motifs is 1. The quantitative estimate of drug-likeness (QED) is 0.343. The largest absolute Gasteiger partial charge is 0.390 e. The highest BCUT2D eigenvalue weighted by molar-refractivity contribution is 6.24. The van der Waals surface area contributed by atoms with Crippen molar-refractivity contribution in [3.63, 3.8) is 0 Å². The first-order valence-corrected chi connectivity index (χ1v) is 14.5. The van der Waals surface area contributed by atoms with Gasteiger partial charge in [0.15, 0.2) is 6.04 Å². The van der Waals surface area contributed by atoms with Crippen LogP contribution in [0, 0.1) is 11.3 Å². The van der Waals surface area contributed by atoms with Crippen LogP contribution in [0.3, 0.4) is 0 Å². The zero-order valence-electron chi connectivity index (χ0n) is 23.2. The molecule has 1 aliphatic heterocycles. The third-order valence-corrected chi connectivity index (χ3v) is 9.33. The molecule has 216 valence electrons. The van der Waals surface area contributed by atoms with E-state index in [1.54, 1.807) is 47.4 Å². The Morgan fingerprint density at radius 1 is 0.762 bits per heavy atom. The topological polar surface area (TPSA) is 122 Å². The lowest BCUT2D eigenvalue weighted by Gasteiger charge is -2.63. The highest BCUT2D eigenvalue weighted by Gasteiger charge is 2.63. The Balaban J connectivity index is 1.30. The number of hydrogen-bond acceptors (Lipinski definition) is 5. The second-order valence-electron chi connectivity index (χ2n) is 12.8. The number of para-hydroxylation sites is 4. The summed E-state index contributed by atoms with van der Waals surface area (Å²) >= 11 is 0. The minimum atomic E-state index is -1.51. The highest BCUT2D eigenvalue weighted by Crippen LogP contribution is 2.63. The molecule has 9 nitrogen and oxygen atoms in total. The molecule has 8 rings (SSSR count). The van der Waals surface area contributed by atoms with Gasteiger partial charge in [-0.05, 0) is 79.8 Å². The molecule has 3 atom stereocenters. The minimum absolute atomic E-state index is 0.168. The molecule has 4 saturated carbocycles. The van der Waals surface area contributed by atoms with E-state index in [0.717, 1.165) is 6.42 Å². The Kier molecular flexibility index (Phi) is 6.14. The minimum Gasteiger partial charge on any atom is -0.390 e. The first kappa shape index (κ1) is 26.7. The molecule has 4 fully saturated rings. The maximum Gasteiger partial charge on any atom is 0.320 e. The first-order chi connectivity index (χ1) is 20.1. The van der Waals surface area contributed by atoms with Crippen LogP contribution in [0.25, 0.3) is 0 Å². The van der Waals surface area contributed by atoms with Gasteiger partial charge in [0, 0.05) is 24.3 Å². The third-order valence-electron chi connectivity index (χ3n) is 9.33. The predicted octanol–water partition coefficient (Wildman–Crippen LogP) is 4.33. The van der Waals surface area contributed by atoms with Crippen LogP contribution < -0.4 is 20.4 Å². The summed E-state index contributed by atoms with van der Waals surface area (Å²) in [6, 6.07) is 22.9. The number of urea groups is 1. The summed E-state index contributed by atoms with van der Waals surface area (Å²) in [5.74, 6) is -0.961. The Hall–Kier alpha value is -4.21. The van der Waals surface area contributed by atoms with Crippen molar-refractivity contribution in [1.82, 2.24) is 5.32 Å². The number of carbonyl (C=O) groups is 3. The zero-order chi connectivity index (χ0) is 29.1. The van der Waals surface area contributed by atoms with Crippen molar-refractivity contribution in [3.8, 4) is 0 Å². The van der Waals surface area contributed by atoms with Gasteiger partial charge in [-0.15, -0.1) is 0 Å². The van der Waals surface area contributed by atoms with Gasteiger partial charge in [-0.1, -0.05) is 48.5 Å². The molecular weight excluding hydrogens is 532 g/mol. The molecule has 0 radical (unpaired) electrons. The summed E-state index contributed by atoms with van der Waals surface area (Å²) in [6.07, 6.45) is 3.41. The maximum absolute atomic E-state index is 14.5. The van der Waals surface area contributed by atoms with Gasteiger partial charge >= 0.3 is 6.03 Å². The molecule has 4 N–H and O–H groups in total. The Morgan fingerprint density at radius 3 is 2.00 bits per heavy atom. The smallest absolute Gasteiger partial charge is 0.320 e. The molecule has 4 amide bonds. The summed E-state index contributed by atoms with van der Waals surface area (Å²) in [7, 11) is 0. The number of nitrogens with one attached hydrogen (secondary N) is 2. The van der Waals surface area contributed by atoms with Crippen LogP contribution in [-0.4, -0.2) is 51.8 Å². The molecule has 42 heavy (non-hydrogen) atoms. The Labute approximate surface area is 244 Å². The lowest BCUT2D eigenvalue weighted by Crippen LogP contribution is -2.66. The number of hydrogen-bond donors (Lipinski definition) is 4. The second kappa shape index (κ2) is 9.68. The van der Waals surface area contributed by atoms with Gasteiger partial charge in [0.25, 0.3) is 11.8 Å². The van der Waals surface area contributed by atoms with E-state index in [9.17, 15) is 24.6 Å². The first-order valence-electron chi connectivity index (χ1n) is 14.5. The average molecular weight is 567 g/mol. The van der Waals surface area contributed by atoms with Gasteiger partial charge in [0.1, 0.15) is 0 Å². The van der Waals surface area contributed by atoms with Crippen LogP contribution >= 0.6 is 0 Å². The van der Waals surface area contributed by atoms with Crippen molar-refractivity contribution in [2.45, 2.75) is 55.8 Å². The predicted molar refractivity (Wildman–Crippen MR) is 158 cm³/mol. The number of nitrogens with zero attached hydrogens (tertiary/aromatic N) is 2.